The van der Waals surface area contributed by atoms with E-state index in [0.29, 0.717) is 12.1 Å². The highest BCUT2D eigenvalue weighted by Crippen LogP contribution is 2.08. The van der Waals surface area contributed by atoms with Gasteiger partial charge in [-0.25, -0.2) is 0 Å². The predicted molar refractivity (Wildman–Crippen MR) is 67.2 cm³/mol. The number of hydrogen-bond acceptors (Lipinski definition) is 2. The van der Waals surface area contributed by atoms with Gasteiger partial charge in [0.1, 0.15) is 0 Å². The van der Waals surface area contributed by atoms with Gasteiger partial charge in [-0.1, -0.05) is 26.7 Å². The molecule has 0 bridgehead atoms. The van der Waals surface area contributed by atoms with Crippen LogP contribution in [0.15, 0.2) is 0 Å². The Morgan fingerprint density at radius 2 is 1.53 bits per heavy atom. The maximum absolute atomic E-state index is 5.07. The Morgan fingerprint density at radius 1 is 0.933 bits per heavy atom. The van der Waals surface area contributed by atoms with E-state index in [1.165, 1.54) is 19.3 Å². The highest BCUT2D eigenvalue weighted by molar-refractivity contribution is 4.67. The number of ether oxygens (including phenoxy) is 1. The lowest BCUT2D eigenvalue weighted by Gasteiger charge is -2.20. The third-order valence-corrected chi connectivity index (χ3v) is 2.74. The summed E-state index contributed by atoms with van der Waals surface area (Å²) in [7, 11) is 1.76. The monoisotopic (exact) mass is 215 g/mol. The van der Waals surface area contributed by atoms with Crippen molar-refractivity contribution in [1.82, 2.24) is 5.32 Å². The minimum atomic E-state index is 0.569. The summed E-state index contributed by atoms with van der Waals surface area (Å²) in [5.74, 6) is 0.836. The summed E-state index contributed by atoms with van der Waals surface area (Å²) in [4.78, 5) is 0. The minimum absolute atomic E-state index is 0.569. The van der Waals surface area contributed by atoms with Crippen molar-refractivity contribution >= 4 is 0 Å². The number of rotatable bonds is 9. The van der Waals surface area contributed by atoms with Crippen LogP contribution in [0.2, 0.25) is 0 Å². The Hall–Kier alpha value is -0.0800. The maximum atomic E-state index is 5.07. The highest BCUT2D eigenvalue weighted by atomic mass is 16.5. The molecule has 0 spiro atoms. The zero-order valence-corrected chi connectivity index (χ0v) is 11.2. The highest BCUT2D eigenvalue weighted by Gasteiger charge is 2.07. The molecule has 0 aromatic carbocycles. The van der Waals surface area contributed by atoms with Crippen LogP contribution >= 0.6 is 0 Å². The zero-order chi connectivity index (χ0) is 11.7. The van der Waals surface area contributed by atoms with Crippen molar-refractivity contribution in [2.45, 2.75) is 65.5 Å². The summed E-state index contributed by atoms with van der Waals surface area (Å²) >= 11 is 0. The van der Waals surface area contributed by atoms with Gasteiger partial charge in [0.15, 0.2) is 0 Å². The molecule has 0 amide bonds. The first-order chi connectivity index (χ1) is 7.06. The van der Waals surface area contributed by atoms with Crippen molar-refractivity contribution in [3.63, 3.8) is 0 Å². The van der Waals surface area contributed by atoms with Crippen LogP contribution in [-0.2, 0) is 4.74 Å². The van der Waals surface area contributed by atoms with Gasteiger partial charge in [0.05, 0.1) is 0 Å². The van der Waals surface area contributed by atoms with E-state index in [-0.39, 0.29) is 0 Å². The first-order valence-corrected chi connectivity index (χ1v) is 6.31. The van der Waals surface area contributed by atoms with Crippen molar-refractivity contribution in [3.05, 3.63) is 0 Å². The van der Waals surface area contributed by atoms with Crippen molar-refractivity contribution < 1.29 is 4.74 Å². The molecule has 1 N–H and O–H groups in total. The summed E-state index contributed by atoms with van der Waals surface area (Å²) in [5.41, 5.74) is 0. The second-order valence-corrected chi connectivity index (χ2v) is 5.07. The standard InChI is InChI=1S/C13H29NO/c1-11(2)7-6-8-12(3)14-13(4)9-10-15-5/h11-14H,6-10H2,1-5H3. The van der Waals surface area contributed by atoms with Crippen molar-refractivity contribution in [3.8, 4) is 0 Å². The fourth-order valence-corrected chi connectivity index (χ4v) is 1.78. The fourth-order valence-electron chi connectivity index (χ4n) is 1.78. The molecular formula is C13H29NO. The molecule has 0 aliphatic carbocycles. The molecule has 0 fully saturated rings. The Balaban J connectivity index is 3.42. The van der Waals surface area contributed by atoms with Crippen molar-refractivity contribution in [1.29, 1.82) is 0 Å². The molecule has 0 aliphatic rings. The molecule has 0 radical (unpaired) electrons. The molecule has 15 heavy (non-hydrogen) atoms. The molecule has 2 atom stereocenters. The third kappa shape index (κ3) is 10.2. The number of hydrogen-bond donors (Lipinski definition) is 1. The summed E-state index contributed by atoms with van der Waals surface area (Å²) in [6.45, 7) is 9.95. The summed E-state index contributed by atoms with van der Waals surface area (Å²) in [6, 6.07) is 1.20. The van der Waals surface area contributed by atoms with Crippen LogP contribution in [0.4, 0.5) is 0 Å². The van der Waals surface area contributed by atoms with Crippen LogP contribution in [-0.4, -0.2) is 25.8 Å². The number of methoxy groups -OCH3 is 1. The van der Waals surface area contributed by atoms with Gasteiger partial charge in [-0.3, -0.25) is 0 Å². The molecular weight excluding hydrogens is 186 g/mol. The second-order valence-electron chi connectivity index (χ2n) is 5.07. The van der Waals surface area contributed by atoms with E-state index < -0.39 is 0 Å². The molecule has 0 rings (SSSR count). The topological polar surface area (TPSA) is 21.3 Å². The first-order valence-electron chi connectivity index (χ1n) is 6.31. The summed E-state index contributed by atoms with van der Waals surface area (Å²) in [5, 5.41) is 3.61. The molecule has 0 aromatic heterocycles. The molecule has 0 heterocycles. The van der Waals surface area contributed by atoms with E-state index in [2.05, 4.69) is 33.0 Å². The average molecular weight is 215 g/mol. The van der Waals surface area contributed by atoms with Gasteiger partial charge >= 0.3 is 0 Å². The normalized spacial score (nSPS) is 15.6. The molecule has 92 valence electrons. The Bertz CT molecular complexity index is 136. The lowest BCUT2D eigenvalue weighted by Crippen LogP contribution is -2.35. The molecule has 0 aliphatic heterocycles. The maximum Gasteiger partial charge on any atom is 0.0476 e. The first kappa shape index (κ1) is 14.9. The minimum Gasteiger partial charge on any atom is -0.385 e. The summed E-state index contributed by atoms with van der Waals surface area (Å²) in [6.07, 6.45) is 5.07. The van der Waals surface area contributed by atoms with E-state index in [1.807, 2.05) is 0 Å². The molecule has 0 saturated heterocycles. The zero-order valence-electron chi connectivity index (χ0n) is 11.2. The van der Waals surface area contributed by atoms with Crippen LogP contribution in [0.3, 0.4) is 0 Å². The molecule has 2 heteroatoms. The van der Waals surface area contributed by atoms with E-state index in [4.69, 9.17) is 4.74 Å². The van der Waals surface area contributed by atoms with Gasteiger partial charge in [-0.15, -0.1) is 0 Å². The van der Waals surface area contributed by atoms with Gasteiger partial charge < -0.3 is 10.1 Å². The van der Waals surface area contributed by atoms with Gasteiger partial charge in [0, 0.05) is 25.8 Å². The van der Waals surface area contributed by atoms with Gasteiger partial charge in [-0.05, 0) is 32.6 Å². The Labute approximate surface area is 95.8 Å². The molecule has 2 nitrogen and oxygen atoms in total. The fraction of sp³-hybridized carbons (Fsp3) is 1.00. The molecule has 0 aromatic rings. The van der Waals surface area contributed by atoms with Gasteiger partial charge in [-0.2, -0.15) is 0 Å². The van der Waals surface area contributed by atoms with Gasteiger partial charge in [0.25, 0.3) is 0 Å². The van der Waals surface area contributed by atoms with Crippen molar-refractivity contribution in [2.75, 3.05) is 13.7 Å². The lowest BCUT2D eigenvalue weighted by atomic mass is 10.0. The SMILES string of the molecule is COCCC(C)NC(C)CCCC(C)C. The van der Waals surface area contributed by atoms with Crippen molar-refractivity contribution in [2.24, 2.45) is 5.92 Å². The number of nitrogens with one attached hydrogen (secondary N) is 1. The van der Waals surface area contributed by atoms with Crippen LogP contribution in [0.1, 0.15) is 53.4 Å². The van der Waals surface area contributed by atoms with E-state index in [0.717, 1.165) is 18.9 Å². The van der Waals surface area contributed by atoms with Gasteiger partial charge in [0.2, 0.25) is 0 Å². The van der Waals surface area contributed by atoms with Crippen LogP contribution in [0, 0.1) is 5.92 Å². The molecule has 2 unspecified atom stereocenters. The van der Waals surface area contributed by atoms with E-state index in [1.54, 1.807) is 7.11 Å². The average Bonchev–Trinajstić information content (AvgIpc) is 2.14. The third-order valence-electron chi connectivity index (χ3n) is 2.74. The van der Waals surface area contributed by atoms with Crippen LogP contribution in [0.5, 0.6) is 0 Å². The smallest absolute Gasteiger partial charge is 0.0476 e. The second kappa shape index (κ2) is 9.17. The Morgan fingerprint density at radius 3 is 2.07 bits per heavy atom. The van der Waals surface area contributed by atoms with E-state index in [9.17, 15) is 0 Å². The molecule has 0 saturated carbocycles. The largest absolute Gasteiger partial charge is 0.385 e. The van der Waals surface area contributed by atoms with Crippen LogP contribution < -0.4 is 5.32 Å². The Kier molecular flexibility index (Phi) is 9.12. The van der Waals surface area contributed by atoms with Crippen LogP contribution in [0.25, 0.3) is 0 Å². The van der Waals surface area contributed by atoms with E-state index >= 15 is 0 Å². The lowest BCUT2D eigenvalue weighted by molar-refractivity contribution is 0.182. The quantitative estimate of drug-likeness (QED) is 0.637. The summed E-state index contributed by atoms with van der Waals surface area (Å²) < 4.78 is 5.07. The predicted octanol–water partition coefficient (Wildman–Crippen LogP) is 3.22.